The number of likely N-dealkylation sites (tertiary alicyclic amines) is 1. The molecule has 0 bridgehead atoms. The number of nitrogens with one attached hydrogen (secondary N) is 2. The van der Waals surface area contributed by atoms with Crippen LogP contribution in [-0.4, -0.2) is 70.9 Å². The highest BCUT2D eigenvalue weighted by atomic mass is 32.1. The number of amides is 1. The van der Waals surface area contributed by atoms with Crippen LogP contribution in [0.5, 0.6) is 0 Å². The summed E-state index contributed by atoms with van der Waals surface area (Å²) < 4.78 is 3.15. The molecule has 1 amide bonds. The van der Waals surface area contributed by atoms with Gasteiger partial charge in [0.2, 0.25) is 5.43 Å². The normalized spacial score (nSPS) is 21.6. The van der Waals surface area contributed by atoms with E-state index in [1.807, 2.05) is 30.9 Å². The first-order chi connectivity index (χ1) is 19.5. The molecule has 2 aromatic heterocycles. The molecule has 2 fully saturated rings. The van der Waals surface area contributed by atoms with Crippen LogP contribution in [0.25, 0.3) is 15.0 Å². The summed E-state index contributed by atoms with van der Waals surface area (Å²) in [5.74, 6) is 1.26. The van der Waals surface area contributed by atoms with Gasteiger partial charge in [0.15, 0.2) is 6.29 Å². The lowest BCUT2D eigenvalue weighted by atomic mass is 10.1. The smallest absolute Gasteiger partial charge is 0.261 e. The standard InChI is InChI=1S/C29H38N6O2S.C2H6/c1-4-14-33(15-7-8-18(2)3)29-31-17-19-25(36)24(27(37)34-16-12-20-21(34)11-13-30-20)28-35(26(19)32-29)22-9-5-6-10-23(22)38-28;1-2/h5-6,9-10,17-18,20-21,29-30,32H,4,7-8,11-16H2,1-3H3;1-2H3. The largest absolute Gasteiger partial charge is 0.336 e. The molecular formula is C31H44N6O2S. The summed E-state index contributed by atoms with van der Waals surface area (Å²) >= 11 is 1.53. The number of aromatic nitrogens is 1. The van der Waals surface area contributed by atoms with Crippen LogP contribution >= 0.6 is 11.3 Å². The molecule has 3 aliphatic rings. The molecular weight excluding hydrogens is 520 g/mol. The Morgan fingerprint density at radius 2 is 2.00 bits per heavy atom. The van der Waals surface area contributed by atoms with E-state index in [9.17, 15) is 9.59 Å². The van der Waals surface area contributed by atoms with Crippen LogP contribution in [0.2, 0.25) is 0 Å². The van der Waals surface area contributed by atoms with Crippen molar-refractivity contribution < 1.29 is 4.79 Å². The Labute approximate surface area is 241 Å². The van der Waals surface area contributed by atoms with Crippen LogP contribution < -0.4 is 16.1 Å². The first-order valence-corrected chi connectivity index (χ1v) is 16.0. The van der Waals surface area contributed by atoms with Gasteiger partial charge in [0.25, 0.3) is 5.91 Å². The summed E-state index contributed by atoms with van der Waals surface area (Å²) in [5.41, 5.74) is 1.54. The van der Waals surface area contributed by atoms with E-state index < -0.39 is 0 Å². The van der Waals surface area contributed by atoms with Gasteiger partial charge < -0.3 is 15.5 Å². The maximum absolute atomic E-state index is 14.0. The average Bonchev–Trinajstić information content (AvgIpc) is 3.68. The number of para-hydroxylation sites is 1. The Morgan fingerprint density at radius 1 is 1.20 bits per heavy atom. The number of carbonyl (C=O) groups is 1. The highest BCUT2D eigenvalue weighted by Gasteiger charge is 2.42. The van der Waals surface area contributed by atoms with Crippen LogP contribution in [0.4, 0.5) is 5.82 Å². The molecule has 0 spiro atoms. The first kappa shape index (κ1) is 28.8. The molecule has 3 aromatic rings. The van der Waals surface area contributed by atoms with E-state index in [-0.39, 0.29) is 29.2 Å². The Kier molecular flexibility index (Phi) is 8.92. The molecule has 9 heteroatoms. The SMILES string of the molecule is CC.CCCN(CCCC(C)C)C1N=Cc2c(n3c(sc4ccccc43)c(C(=O)N3CCC4NCCC43)c2=O)N1. The predicted molar refractivity (Wildman–Crippen MR) is 167 cm³/mol. The van der Waals surface area contributed by atoms with Gasteiger partial charge in [0.1, 0.15) is 16.2 Å². The van der Waals surface area contributed by atoms with Crippen LogP contribution in [0, 0.1) is 5.92 Å². The van der Waals surface area contributed by atoms with E-state index in [4.69, 9.17) is 4.99 Å². The molecule has 0 radical (unpaired) electrons. The fraction of sp³-hybridized carbons (Fsp3) is 0.581. The number of nitrogens with zero attached hydrogens (tertiary/aromatic N) is 4. The zero-order valence-electron chi connectivity index (χ0n) is 24.6. The molecule has 8 nitrogen and oxygen atoms in total. The molecule has 2 saturated heterocycles. The van der Waals surface area contributed by atoms with Crippen LogP contribution in [0.3, 0.4) is 0 Å². The van der Waals surface area contributed by atoms with Crippen LogP contribution in [0.1, 0.15) is 82.6 Å². The summed E-state index contributed by atoms with van der Waals surface area (Å²) in [6.07, 6.45) is 6.65. The van der Waals surface area contributed by atoms with E-state index in [0.717, 1.165) is 66.2 Å². The maximum Gasteiger partial charge on any atom is 0.261 e. The van der Waals surface area contributed by atoms with Crippen molar-refractivity contribution in [2.24, 2.45) is 10.9 Å². The number of fused-ring (bicyclic) bond motifs is 6. The van der Waals surface area contributed by atoms with Gasteiger partial charge >= 0.3 is 0 Å². The Morgan fingerprint density at radius 3 is 2.77 bits per heavy atom. The Hall–Kier alpha value is -2.75. The third-order valence-corrected chi connectivity index (χ3v) is 9.39. The summed E-state index contributed by atoms with van der Waals surface area (Å²) in [7, 11) is 0. The summed E-state index contributed by atoms with van der Waals surface area (Å²) in [5, 5.41) is 7.13. The first-order valence-electron chi connectivity index (χ1n) is 15.2. The van der Waals surface area contributed by atoms with Gasteiger partial charge in [-0.1, -0.05) is 46.8 Å². The molecule has 0 saturated carbocycles. The molecule has 6 rings (SSSR count). The van der Waals surface area contributed by atoms with E-state index in [1.54, 1.807) is 6.21 Å². The van der Waals surface area contributed by atoms with Gasteiger partial charge in [-0.3, -0.25) is 23.9 Å². The maximum atomic E-state index is 14.0. The van der Waals surface area contributed by atoms with Crippen molar-refractivity contribution in [1.82, 2.24) is 19.5 Å². The van der Waals surface area contributed by atoms with Crippen molar-refractivity contribution in [3.8, 4) is 0 Å². The van der Waals surface area contributed by atoms with Crippen molar-refractivity contribution in [2.75, 3.05) is 31.5 Å². The monoisotopic (exact) mass is 564 g/mol. The highest BCUT2D eigenvalue weighted by Crippen LogP contribution is 2.35. The summed E-state index contributed by atoms with van der Waals surface area (Å²) in [6.45, 7) is 14.2. The molecule has 3 unspecified atom stereocenters. The van der Waals surface area contributed by atoms with Crippen LogP contribution in [-0.2, 0) is 0 Å². The topological polar surface area (TPSA) is 81.5 Å². The zero-order valence-corrected chi connectivity index (χ0v) is 25.4. The second kappa shape index (κ2) is 12.4. The minimum absolute atomic E-state index is 0.144. The number of carbonyl (C=O) groups excluding carboxylic acids is 1. The van der Waals surface area contributed by atoms with Crippen molar-refractivity contribution in [2.45, 2.75) is 85.1 Å². The molecule has 2 N–H and O–H groups in total. The Balaban J connectivity index is 0.00000158. The molecule has 216 valence electrons. The van der Waals surface area contributed by atoms with Crippen molar-refractivity contribution in [1.29, 1.82) is 0 Å². The zero-order chi connectivity index (χ0) is 28.4. The molecule has 5 heterocycles. The number of aliphatic imine (C=N–C) groups is 1. The Bertz CT molecular complexity index is 1440. The number of pyridine rings is 1. The van der Waals surface area contributed by atoms with Gasteiger partial charge in [0.05, 0.1) is 15.8 Å². The molecule has 40 heavy (non-hydrogen) atoms. The summed E-state index contributed by atoms with van der Waals surface area (Å²) in [4.78, 5) is 37.9. The van der Waals surface area contributed by atoms with E-state index in [0.29, 0.717) is 24.1 Å². The fourth-order valence-corrected chi connectivity index (χ4v) is 7.56. The lowest BCUT2D eigenvalue weighted by Crippen LogP contribution is -2.45. The van der Waals surface area contributed by atoms with E-state index >= 15 is 0 Å². The van der Waals surface area contributed by atoms with Crippen LogP contribution in [0.15, 0.2) is 34.1 Å². The van der Waals surface area contributed by atoms with Gasteiger partial charge in [0, 0.05) is 37.9 Å². The van der Waals surface area contributed by atoms with Crippen molar-refractivity contribution >= 4 is 44.3 Å². The lowest BCUT2D eigenvalue weighted by molar-refractivity contribution is 0.0737. The highest BCUT2D eigenvalue weighted by molar-refractivity contribution is 7.24. The van der Waals surface area contributed by atoms with Gasteiger partial charge in [-0.2, -0.15) is 0 Å². The summed E-state index contributed by atoms with van der Waals surface area (Å²) in [6, 6.07) is 8.65. The van der Waals surface area contributed by atoms with Gasteiger partial charge in [-0.25, -0.2) is 0 Å². The number of hydrogen-bond donors (Lipinski definition) is 2. The fourth-order valence-electron chi connectivity index (χ4n) is 6.38. The molecule has 3 aliphatic heterocycles. The number of anilines is 1. The number of hydrogen-bond acceptors (Lipinski definition) is 7. The molecule has 1 aromatic carbocycles. The van der Waals surface area contributed by atoms with Gasteiger partial charge in [-0.05, 0) is 56.7 Å². The van der Waals surface area contributed by atoms with Crippen molar-refractivity contribution in [3.05, 3.63) is 45.6 Å². The van der Waals surface area contributed by atoms with E-state index in [2.05, 4.69) is 52.8 Å². The van der Waals surface area contributed by atoms with Gasteiger partial charge in [-0.15, -0.1) is 11.3 Å². The lowest BCUT2D eigenvalue weighted by Gasteiger charge is -2.33. The number of thiazole rings is 1. The quantitative estimate of drug-likeness (QED) is 0.383. The molecule has 0 aliphatic carbocycles. The van der Waals surface area contributed by atoms with Crippen molar-refractivity contribution in [3.63, 3.8) is 0 Å². The number of rotatable bonds is 8. The predicted octanol–water partition coefficient (Wildman–Crippen LogP) is 5.39. The third kappa shape index (κ3) is 5.19. The second-order valence-electron chi connectivity index (χ2n) is 11.2. The number of benzene rings is 1. The minimum atomic E-state index is -0.242. The third-order valence-electron chi connectivity index (χ3n) is 8.24. The average molecular weight is 565 g/mol. The molecule has 3 atom stereocenters. The minimum Gasteiger partial charge on any atom is -0.336 e. The second-order valence-corrected chi connectivity index (χ2v) is 12.3. The van der Waals surface area contributed by atoms with E-state index in [1.165, 1.54) is 17.8 Å².